The summed E-state index contributed by atoms with van der Waals surface area (Å²) < 4.78 is 1.44. The molecule has 1 atom stereocenters. The summed E-state index contributed by atoms with van der Waals surface area (Å²) in [5.74, 6) is 0.941. The Hall–Kier alpha value is -2.29. The van der Waals surface area contributed by atoms with Gasteiger partial charge in [0.25, 0.3) is 5.95 Å². The molecule has 2 aromatic rings. The molecule has 0 bridgehead atoms. The number of nitrogens with zero attached hydrogens (tertiary/aromatic N) is 7. The van der Waals surface area contributed by atoms with E-state index in [2.05, 4.69) is 25.0 Å². The third kappa shape index (κ3) is 2.92. The zero-order valence-electron chi connectivity index (χ0n) is 11.6. The van der Waals surface area contributed by atoms with Crippen molar-refractivity contribution in [3.05, 3.63) is 12.7 Å². The van der Waals surface area contributed by atoms with Gasteiger partial charge in [0.15, 0.2) is 0 Å². The van der Waals surface area contributed by atoms with E-state index in [-0.39, 0.29) is 18.6 Å². The number of hydrogen-bond acceptors (Lipinski definition) is 8. The van der Waals surface area contributed by atoms with Crippen LogP contribution < -0.4 is 10.6 Å². The van der Waals surface area contributed by atoms with Crippen LogP contribution in [0.4, 0.5) is 11.9 Å². The average molecular weight is 290 g/mol. The number of anilines is 2. The molecule has 0 radical (unpaired) electrons. The number of aromatic nitrogens is 6. The molecular weight excluding hydrogens is 272 g/mol. The van der Waals surface area contributed by atoms with Crippen molar-refractivity contribution in [2.75, 3.05) is 23.8 Å². The van der Waals surface area contributed by atoms with E-state index in [1.807, 2.05) is 4.90 Å². The van der Waals surface area contributed by atoms with E-state index in [0.717, 1.165) is 32.2 Å². The molecule has 21 heavy (non-hydrogen) atoms. The molecule has 1 unspecified atom stereocenters. The summed E-state index contributed by atoms with van der Waals surface area (Å²) in [6.45, 7) is 0.871. The van der Waals surface area contributed by atoms with Crippen molar-refractivity contribution in [1.29, 1.82) is 0 Å². The Morgan fingerprint density at radius 3 is 2.81 bits per heavy atom. The van der Waals surface area contributed by atoms with Crippen LogP contribution in [0.15, 0.2) is 12.7 Å². The number of nitrogens with two attached hydrogens (primary N) is 1. The Morgan fingerprint density at radius 1 is 1.19 bits per heavy atom. The molecule has 9 heteroatoms. The van der Waals surface area contributed by atoms with E-state index in [9.17, 15) is 5.11 Å². The van der Waals surface area contributed by atoms with Crippen LogP contribution in [0.1, 0.15) is 25.7 Å². The van der Waals surface area contributed by atoms with Gasteiger partial charge in [0.2, 0.25) is 11.9 Å². The molecule has 3 heterocycles. The smallest absolute Gasteiger partial charge is 0.258 e. The number of rotatable bonds is 3. The van der Waals surface area contributed by atoms with Crippen molar-refractivity contribution < 1.29 is 5.11 Å². The molecule has 112 valence electrons. The van der Waals surface area contributed by atoms with E-state index in [0.29, 0.717) is 11.9 Å². The Labute approximate surface area is 121 Å². The molecule has 1 aliphatic rings. The summed E-state index contributed by atoms with van der Waals surface area (Å²) in [5.41, 5.74) is 5.79. The average Bonchev–Trinajstić information content (AvgIpc) is 2.91. The highest BCUT2D eigenvalue weighted by Gasteiger charge is 2.24. The summed E-state index contributed by atoms with van der Waals surface area (Å²) in [4.78, 5) is 18.6. The van der Waals surface area contributed by atoms with Gasteiger partial charge in [-0.25, -0.2) is 4.98 Å². The summed E-state index contributed by atoms with van der Waals surface area (Å²) in [6.07, 6.45) is 7.11. The molecule has 3 rings (SSSR count). The Kier molecular flexibility index (Phi) is 3.91. The zero-order valence-corrected chi connectivity index (χ0v) is 11.6. The van der Waals surface area contributed by atoms with Crippen molar-refractivity contribution in [3.8, 4) is 5.95 Å². The quantitative estimate of drug-likeness (QED) is 0.796. The summed E-state index contributed by atoms with van der Waals surface area (Å²) in [5, 5.41) is 13.6. The molecule has 1 saturated heterocycles. The number of nitrogen functional groups attached to an aromatic ring is 1. The molecule has 0 aliphatic carbocycles. The van der Waals surface area contributed by atoms with Gasteiger partial charge >= 0.3 is 0 Å². The van der Waals surface area contributed by atoms with E-state index >= 15 is 0 Å². The second-order valence-electron chi connectivity index (χ2n) is 5.01. The molecule has 0 spiro atoms. The summed E-state index contributed by atoms with van der Waals surface area (Å²) >= 11 is 0. The van der Waals surface area contributed by atoms with E-state index < -0.39 is 0 Å². The van der Waals surface area contributed by atoms with Gasteiger partial charge in [0.1, 0.15) is 12.7 Å². The minimum absolute atomic E-state index is 0.0119. The maximum Gasteiger partial charge on any atom is 0.258 e. The Balaban J connectivity index is 1.96. The first kappa shape index (κ1) is 13.7. The van der Waals surface area contributed by atoms with E-state index in [4.69, 9.17) is 5.73 Å². The maximum atomic E-state index is 9.60. The van der Waals surface area contributed by atoms with Gasteiger partial charge < -0.3 is 15.7 Å². The lowest BCUT2D eigenvalue weighted by atomic mass is 10.1. The third-order valence-corrected chi connectivity index (χ3v) is 3.60. The number of aliphatic hydroxyl groups excluding tert-OH is 1. The van der Waals surface area contributed by atoms with Gasteiger partial charge in [-0.3, -0.25) is 0 Å². The normalized spacial score (nSPS) is 19.5. The third-order valence-electron chi connectivity index (χ3n) is 3.60. The number of hydrogen-bond donors (Lipinski definition) is 2. The fourth-order valence-corrected chi connectivity index (χ4v) is 2.54. The van der Waals surface area contributed by atoms with Gasteiger partial charge in [0.05, 0.1) is 12.6 Å². The standard InChI is InChI=1S/C12H18N8O/c13-10-16-11(18-12(17-10)20-8-14-7-15-20)19-5-3-1-2-4-9(19)6-21/h7-9,21H,1-6H2,(H2,13,16,17,18). The lowest BCUT2D eigenvalue weighted by Gasteiger charge is -2.28. The van der Waals surface area contributed by atoms with Crippen LogP contribution >= 0.6 is 0 Å². The van der Waals surface area contributed by atoms with E-state index in [1.54, 1.807) is 0 Å². The van der Waals surface area contributed by atoms with Crippen molar-refractivity contribution >= 4 is 11.9 Å². The largest absolute Gasteiger partial charge is 0.394 e. The van der Waals surface area contributed by atoms with Crippen LogP contribution in [-0.4, -0.2) is 54.0 Å². The molecule has 0 amide bonds. The first-order valence-electron chi connectivity index (χ1n) is 7.02. The second kappa shape index (κ2) is 6.00. The first-order valence-corrected chi connectivity index (χ1v) is 7.02. The SMILES string of the molecule is Nc1nc(N2CCCCCC2CO)nc(-n2cncn2)n1. The van der Waals surface area contributed by atoms with Crippen LogP contribution in [0.2, 0.25) is 0 Å². The lowest BCUT2D eigenvalue weighted by molar-refractivity contribution is 0.254. The molecule has 1 aliphatic heterocycles. The number of aliphatic hydroxyl groups is 1. The molecule has 1 fully saturated rings. The molecule has 0 aromatic carbocycles. The minimum atomic E-state index is 0.0119. The van der Waals surface area contributed by atoms with Gasteiger partial charge in [-0.1, -0.05) is 12.8 Å². The molecular formula is C12H18N8O. The van der Waals surface area contributed by atoms with Crippen LogP contribution in [-0.2, 0) is 0 Å². The second-order valence-corrected chi connectivity index (χ2v) is 5.01. The lowest BCUT2D eigenvalue weighted by Crippen LogP contribution is -2.39. The highest BCUT2D eigenvalue weighted by Crippen LogP contribution is 2.22. The van der Waals surface area contributed by atoms with Gasteiger partial charge in [-0.15, -0.1) is 0 Å². The zero-order chi connectivity index (χ0) is 14.7. The molecule has 0 saturated carbocycles. The predicted octanol–water partition coefficient (Wildman–Crippen LogP) is -0.224. The Morgan fingerprint density at radius 2 is 2.05 bits per heavy atom. The Bertz CT molecular complexity index is 587. The highest BCUT2D eigenvalue weighted by molar-refractivity contribution is 5.39. The molecule has 2 aromatic heterocycles. The van der Waals surface area contributed by atoms with Crippen molar-refractivity contribution in [2.24, 2.45) is 0 Å². The van der Waals surface area contributed by atoms with Crippen molar-refractivity contribution in [2.45, 2.75) is 31.7 Å². The van der Waals surface area contributed by atoms with Gasteiger partial charge in [-0.2, -0.15) is 24.7 Å². The predicted molar refractivity (Wildman–Crippen MR) is 75.8 cm³/mol. The van der Waals surface area contributed by atoms with Crippen LogP contribution in [0, 0.1) is 0 Å². The highest BCUT2D eigenvalue weighted by atomic mass is 16.3. The fourth-order valence-electron chi connectivity index (χ4n) is 2.54. The van der Waals surface area contributed by atoms with E-state index in [1.165, 1.54) is 17.3 Å². The summed E-state index contributed by atoms with van der Waals surface area (Å²) in [7, 11) is 0. The van der Waals surface area contributed by atoms with Crippen molar-refractivity contribution in [3.63, 3.8) is 0 Å². The van der Waals surface area contributed by atoms with Crippen molar-refractivity contribution in [1.82, 2.24) is 29.7 Å². The monoisotopic (exact) mass is 290 g/mol. The van der Waals surface area contributed by atoms with Crippen LogP contribution in [0.3, 0.4) is 0 Å². The van der Waals surface area contributed by atoms with Crippen LogP contribution in [0.5, 0.6) is 0 Å². The van der Waals surface area contributed by atoms with Gasteiger partial charge in [0, 0.05) is 6.54 Å². The fraction of sp³-hybridized carbons (Fsp3) is 0.583. The first-order chi connectivity index (χ1) is 10.3. The van der Waals surface area contributed by atoms with Crippen LogP contribution in [0.25, 0.3) is 5.95 Å². The topological polar surface area (TPSA) is 119 Å². The minimum Gasteiger partial charge on any atom is -0.394 e. The molecule has 9 nitrogen and oxygen atoms in total. The van der Waals surface area contributed by atoms with Gasteiger partial charge in [-0.05, 0) is 12.8 Å². The maximum absolute atomic E-state index is 9.60. The molecule has 3 N–H and O–H groups in total. The summed E-state index contributed by atoms with van der Waals surface area (Å²) in [6, 6.07) is 0.0119.